The van der Waals surface area contributed by atoms with Crippen LogP contribution in [0.25, 0.3) is 21.9 Å². The third kappa shape index (κ3) is 4.18. The van der Waals surface area contributed by atoms with Gasteiger partial charge in [-0.05, 0) is 48.0 Å². The highest BCUT2D eigenvalue weighted by atomic mass is 32.2. The van der Waals surface area contributed by atoms with Crippen molar-refractivity contribution in [2.24, 2.45) is 0 Å². The number of hydrogen-bond donors (Lipinski definition) is 1. The maximum absolute atomic E-state index is 13.9. The molecule has 182 valence electrons. The van der Waals surface area contributed by atoms with Crippen molar-refractivity contribution >= 4 is 33.6 Å². The van der Waals surface area contributed by atoms with E-state index < -0.39 is 22.8 Å². The van der Waals surface area contributed by atoms with Gasteiger partial charge in [0, 0.05) is 16.3 Å². The van der Waals surface area contributed by atoms with Crippen molar-refractivity contribution in [2.45, 2.75) is 16.3 Å². The van der Waals surface area contributed by atoms with E-state index in [1.54, 1.807) is 54.6 Å². The van der Waals surface area contributed by atoms with Crippen LogP contribution in [0.5, 0.6) is 17.2 Å². The van der Waals surface area contributed by atoms with Crippen LogP contribution in [0, 0.1) is 5.82 Å². The van der Waals surface area contributed by atoms with Gasteiger partial charge in [-0.3, -0.25) is 4.79 Å². The lowest BCUT2D eigenvalue weighted by Gasteiger charge is -2.15. The molecule has 7 nitrogen and oxygen atoms in total. The Morgan fingerprint density at radius 2 is 1.72 bits per heavy atom. The van der Waals surface area contributed by atoms with Crippen molar-refractivity contribution in [1.82, 2.24) is 4.57 Å². The Hall–Kier alpha value is -4.24. The molecule has 0 radical (unpaired) electrons. The number of methoxy groups -OCH3 is 2. The lowest BCUT2D eigenvalue weighted by atomic mass is 10.1. The Balaban J connectivity index is 1.78. The highest BCUT2D eigenvalue weighted by Gasteiger charge is 2.23. The molecule has 1 N–H and O–H groups in total. The smallest absolute Gasteiger partial charge is 0.354 e. The van der Waals surface area contributed by atoms with Crippen molar-refractivity contribution in [3.8, 4) is 17.2 Å². The van der Waals surface area contributed by atoms with Crippen molar-refractivity contribution in [2.75, 3.05) is 14.2 Å². The fourth-order valence-electron chi connectivity index (χ4n) is 4.04. The molecule has 36 heavy (non-hydrogen) atoms. The second-order valence-electron chi connectivity index (χ2n) is 7.96. The quantitative estimate of drug-likeness (QED) is 0.319. The number of aromatic nitrogens is 1. The van der Waals surface area contributed by atoms with Crippen LogP contribution < -0.4 is 20.7 Å². The number of rotatable bonds is 6. The summed E-state index contributed by atoms with van der Waals surface area (Å²) in [6.45, 7) is 0.0210. The van der Waals surface area contributed by atoms with Crippen LogP contribution in [0.2, 0.25) is 0 Å². The first kappa shape index (κ1) is 23.5. The number of ether oxygens (including phenoxy) is 2. The van der Waals surface area contributed by atoms with Gasteiger partial charge in [0.05, 0.1) is 26.3 Å². The Morgan fingerprint density at radius 1 is 0.972 bits per heavy atom. The minimum absolute atomic E-state index is 0.0210. The van der Waals surface area contributed by atoms with E-state index in [2.05, 4.69) is 0 Å². The minimum atomic E-state index is -0.785. The number of hydrogen-bond acceptors (Lipinski definition) is 7. The third-order valence-corrected chi connectivity index (χ3v) is 6.80. The first-order chi connectivity index (χ1) is 17.4. The van der Waals surface area contributed by atoms with Crippen LogP contribution in [-0.2, 0) is 6.54 Å². The van der Waals surface area contributed by atoms with E-state index >= 15 is 0 Å². The molecule has 0 saturated carbocycles. The monoisotopic (exact) mass is 505 g/mol. The van der Waals surface area contributed by atoms with Gasteiger partial charge in [0.15, 0.2) is 11.3 Å². The minimum Gasteiger partial charge on any atom is -0.505 e. The maximum Gasteiger partial charge on any atom is 0.354 e. The summed E-state index contributed by atoms with van der Waals surface area (Å²) in [6.07, 6.45) is 0. The lowest BCUT2D eigenvalue weighted by Crippen LogP contribution is -2.23. The summed E-state index contributed by atoms with van der Waals surface area (Å²) < 4.78 is 31.4. The molecule has 0 saturated heterocycles. The molecule has 3 aromatic carbocycles. The fraction of sp³-hybridized carbons (Fsp3) is 0.111. The topological polar surface area (TPSA) is 90.9 Å². The second-order valence-corrected chi connectivity index (χ2v) is 9.04. The molecule has 0 bridgehead atoms. The van der Waals surface area contributed by atoms with Crippen LogP contribution in [0.4, 0.5) is 4.39 Å². The van der Waals surface area contributed by atoms with Gasteiger partial charge >= 0.3 is 5.63 Å². The third-order valence-electron chi connectivity index (χ3n) is 5.75. The van der Waals surface area contributed by atoms with Crippen molar-refractivity contribution in [3.63, 3.8) is 0 Å². The average molecular weight is 506 g/mol. The molecular weight excluding hydrogens is 485 g/mol. The number of benzene rings is 3. The summed E-state index contributed by atoms with van der Waals surface area (Å²) in [4.78, 5) is 27.2. The summed E-state index contributed by atoms with van der Waals surface area (Å²) in [5.41, 5.74) is -0.461. The first-order valence-corrected chi connectivity index (χ1v) is 11.7. The lowest BCUT2D eigenvalue weighted by molar-refractivity contribution is 0.413. The van der Waals surface area contributed by atoms with Crippen LogP contribution in [0.15, 0.2) is 90.5 Å². The van der Waals surface area contributed by atoms with Crippen LogP contribution in [0.3, 0.4) is 0 Å². The van der Waals surface area contributed by atoms with E-state index in [1.165, 1.54) is 30.9 Å². The van der Waals surface area contributed by atoms with Gasteiger partial charge in [-0.15, -0.1) is 0 Å². The molecule has 0 aliphatic rings. The predicted octanol–water partition coefficient (Wildman–Crippen LogP) is 5.17. The Labute approximate surface area is 208 Å². The summed E-state index contributed by atoms with van der Waals surface area (Å²) in [6, 6.07) is 17.8. The molecule has 0 amide bonds. The highest BCUT2D eigenvalue weighted by molar-refractivity contribution is 7.99. The van der Waals surface area contributed by atoms with E-state index in [0.717, 1.165) is 11.8 Å². The van der Waals surface area contributed by atoms with Crippen LogP contribution in [0.1, 0.15) is 5.56 Å². The van der Waals surface area contributed by atoms with E-state index in [-0.39, 0.29) is 22.4 Å². The molecule has 9 heteroatoms. The van der Waals surface area contributed by atoms with E-state index in [1.807, 2.05) is 0 Å². The molecular formula is C27H20FNO6S. The van der Waals surface area contributed by atoms with Gasteiger partial charge in [0.25, 0.3) is 5.56 Å². The molecule has 5 rings (SSSR count). The molecule has 2 heterocycles. The van der Waals surface area contributed by atoms with Crippen LogP contribution in [-0.4, -0.2) is 23.9 Å². The molecule has 0 atom stereocenters. The zero-order chi connectivity index (χ0) is 25.4. The molecule has 0 fully saturated rings. The molecule has 5 aromatic rings. The number of aromatic hydroxyl groups is 1. The largest absolute Gasteiger partial charge is 0.505 e. The van der Waals surface area contributed by atoms with Gasteiger partial charge in [-0.25, -0.2) is 9.18 Å². The summed E-state index contributed by atoms with van der Waals surface area (Å²) >= 11 is 0.963. The summed E-state index contributed by atoms with van der Waals surface area (Å²) in [5.74, 6) is 0.131. The molecule has 0 aliphatic heterocycles. The first-order valence-electron chi connectivity index (χ1n) is 10.9. The van der Waals surface area contributed by atoms with Gasteiger partial charge in [-0.1, -0.05) is 30.0 Å². The Bertz CT molecular complexity index is 1740. The number of nitrogens with zero attached hydrogens (tertiary/aromatic N) is 1. The summed E-state index contributed by atoms with van der Waals surface area (Å²) in [7, 11) is 3.01. The second kappa shape index (κ2) is 9.43. The van der Waals surface area contributed by atoms with Crippen molar-refractivity contribution in [1.29, 1.82) is 0 Å². The van der Waals surface area contributed by atoms with E-state index in [9.17, 15) is 19.1 Å². The molecule has 0 unspecified atom stereocenters. The Morgan fingerprint density at radius 3 is 2.47 bits per heavy atom. The zero-order valence-corrected chi connectivity index (χ0v) is 20.1. The molecule has 0 spiro atoms. The maximum atomic E-state index is 13.9. The number of halogens is 1. The van der Waals surface area contributed by atoms with Gasteiger partial charge in [0.1, 0.15) is 27.6 Å². The predicted molar refractivity (Wildman–Crippen MR) is 135 cm³/mol. The van der Waals surface area contributed by atoms with E-state index in [0.29, 0.717) is 32.9 Å². The van der Waals surface area contributed by atoms with Gasteiger partial charge < -0.3 is 23.6 Å². The van der Waals surface area contributed by atoms with Crippen molar-refractivity contribution in [3.05, 3.63) is 98.9 Å². The number of fused-ring (bicyclic) bond motifs is 3. The number of pyridine rings is 1. The van der Waals surface area contributed by atoms with E-state index in [4.69, 9.17) is 13.9 Å². The average Bonchev–Trinajstić information content (AvgIpc) is 2.88. The highest BCUT2D eigenvalue weighted by Crippen LogP contribution is 2.38. The SMILES string of the molecule is COc1cccc(Sc2c(O)c3c(=O)n(Cc4cccc(F)c4)c4cc(OC)ccc4c3oc2=O)c1. The van der Waals surface area contributed by atoms with Gasteiger partial charge in [0.2, 0.25) is 0 Å². The zero-order valence-electron chi connectivity index (χ0n) is 19.3. The van der Waals surface area contributed by atoms with Gasteiger partial charge in [-0.2, -0.15) is 0 Å². The Kier molecular flexibility index (Phi) is 6.15. The normalized spacial score (nSPS) is 11.2. The molecule has 2 aromatic heterocycles. The fourth-order valence-corrected chi connectivity index (χ4v) is 4.92. The summed E-state index contributed by atoms with van der Waals surface area (Å²) in [5, 5.41) is 11.5. The molecule has 0 aliphatic carbocycles. The standard InChI is InChI=1S/C27H20FNO6S/c1-33-17-7-4-8-19(12-17)36-25-23(30)22-24(35-27(25)32)20-10-9-18(34-2)13-21(20)29(26(22)31)14-15-5-3-6-16(28)11-15/h3-13,30H,14H2,1-2H3. The van der Waals surface area contributed by atoms with Crippen molar-refractivity contribution < 1.29 is 23.4 Å². The van der Waals surface area contributed by atoms with Crippen LogP contribution >= 0.6 is 11.8 Å².